The van der Waals surface area contributed by atoms with Crippen LogP contribution in [-0.4, -0.2) is 26.3 Å². The van der Waals surface area contributed by atoms with Crippen molar-refractivity contribution >= 4 is 6.29 Å². The van der Waals surface area contributed by atoms with E-state index in [4.69, 9.17) is 0 Å². The molecule has 0 amide bonds. The summed E-state index contributed by atoms with van der Waals surface area (Å²) in [7, 11) is 0. The van der Waals surface area contributed by atoms with Gasteiger partial charge in [-0.15, -0.1) is 10.2 Å². The third-order valence-electron chi connectivity index (χ3n) is 2.62. The monoisotopic (exact) mass is 270 g/mol. The number of aromatic nitrogens is 4. The van der Waals surface area contributed by atoms with Gasteiger partial charge in [0.1, 0.15) is 0 Å². The maximum absolute atomic E-state index is 12.4. The minimum Gasteiger partial charge on any atom is -0.298 e. The third kappa shape index (κ3) is 2.33. The van der Waals surface area contributed by atoms with E-state index in [2.05, 4.69) is 15.3 Å². The Labute approximate surface area is 106 Å². The molecule has 0 aromatic carbocycles. The Kier molecular flexibility index (Phi) is 3.09. The Hall–Kier alpha value is -2.25. The maximum atomic E-state index is 12.4. The highest BCUT2D eigenvalue weighted by Gasteiger charge is 2.33. The number of aryl methyl sites for hydroxylation is 1. The largest absolute Gasteiger partial charge is 0.435 e. The average molecular weight is 270 g/mol. The molecule has 2 aromatic rings. The number of halogens is 3. The number of aldehydes is 1. The predicted octanol–water partition coefficient (Wildman–Crippen LogP) is 2.11. The van der Waals surface area contributed by atoms with E-state index in [1.54, 1.807) is 13.8 Å². The highest BCUT2D eigenvalue weighted by atomic mass is 19.4. The zero-order valence-corrected chi connectivity index (χ0v) is 10.1. The molecule has 0 unspecified atom stereocenters. The second kappa shape index (κ2) is 4.45. The van der Waals surface area contributed by atoms with Crippen molar-refractivity contribution < 1.29 is 18.0 Å². The molecule has 2 heterocycles. The van der Waals surface area contributed by atoms with Gasteiger partial charge in [-0.2, -0.15) is 18.3 Å². The Balaban J connectivity index is 2.46. The Bertz CT molecular complexity index is 616. The minimum absolute atomic E-state index is 0.127. The van der Waals surface area contributed by atoms with Gasteiger partial charge in [0.2, 0.25) is 0 Å². The number of hydrogen-bond acceptors (Lipinski definition) is 4. The second-order valence-corrected chi connectivity index (χ2v) is 3.89. The van der Waals surface area contributed by atoms with Crippen LogP contribution in [0.15, 0.2) is 12.1 Å². The van der Waals surface area contributed by atoms with Gasteiger partial charge < -0.3 is 0 Å². The predicted molar refractivity (Wildman–Crippen MR) is 59.0 cm³/mol. The number of rotatable bonds is 2. The fraction of sp³-hybridized carbons (Fsp3) is 0.273. The number of nitrogens with zero attached hydrogens (tertiary/aromatic N) is 4. The fourth-order valence-corrected chi connectivity index (χ4v) is 1.64. The first kappa shape index (κ1) is 13.2. The molecule has 0 aliphatic carbocycles. The van der Waals surface area contributed by atoms with Crippen LogP contribution in [0.2, 0.25) is 0 Å². The van der Waals surface area contributed by atoms with Gasteiger partial charge in [0, 0.05) is 0 Å². The lowest BCUT2D eigenvalue weighted by Gasteiger charge is -2.06. The van der Waals surface area contributed by atoms with Crippen molar-refractivity contribution in [2.24, 2.45) is 0 Å². The van der Waals surface area contributed by atoms with E-state index < -0.39 is 11.9 Å². The second-order valence-electron chi connectivity index (χ2n) is 3.89. The van der Waals surface area contributed by atoms with Crippen LogP contribution in [0.4, 0.5) is 13.2 Å². The van der Waals surface area contributed by atoms with E-state index in [1.165, 1.54) is 4.68 Å². The number of hydrogen-bond donors (Lipinski definition) is 0. The number of carbonyl (C=O) groups excluding carboxylic acids is 1. The van der Waals surface area contributed by atoms with Crippen LogP contribution < -0.4 is 0 Å². The molecule has 8 heteroatoms. The molecule has 0 saturated carbocycles. The van der Waals surface area contributed by atoms with Gasteiger partial charge in [0.05, 0.1) is 17.0 Å². The fourth-order valence-electron chi connectivity index (χ4n) is 1.64. The molecule has 0 aliphatic rings. The number of carbonyl (C=O) groups is 1. The van der Waals surface area contributed by atoms with Gasteiger partial charge in [-0.1, -0.05) is 0 Å². The average Bonchev–Trinajstić information content (AvgIpc) is 2.63. The van der Waals surface area contributed by atoms with Crippen LogP contribution in [0.3, 0.4) is 0 Å². The van der Waals surface area contributed by atoms with Crippen molar-refractivity contribution in [3.8, 4) is 5.82 Å². The van der Waals surface area contributed by atoms with Crippen LogP contribution in [-0.2, 0) is 6.18 Å². The summed E-state index contributed by atoms with van der Waals surface area (Å²) in [5, 5.41) is 10.6. The molecular formula is C11H9F3N4O. The van der Waals surface area contributed by atoms with Crippen LogP contribution in [0.5, 0.6) is 0 Å². The lowest BCUT2D eigenvalue weighted by Crippen LogP contribution is -2.11. The summed E-state index contributed by atoms with van der Waals surface area (Å²) in [6.07, 6.45) is -3.89. The summed E-state index contributed by atoms with van der Waals surface area (Å²) >= 11 is 0. The van der Waals surface area contributed by atoms with Crippen molar-refractivity contribution in [3.63, 3.8) is 0 Å². The molecule has 0 fully saturated rings. The van der Waals surface area contributed by atoms with Gasteiger partial charge >= 0.3 is 6.18 Å². The molecule has 19 heavy (non-hydrogen) atoms. The van der Waals surface area contributed by atoms with Gasteiger partial charge in [0.15, 0.2) is 17.8 Å². The van der Waals surface area contributed by atoms with Crippen molar-refractivity contribution in [2.75, 3.05) is 0 Å². The molecule has 0 N–H and O–H groups in total. The smallest absolute Gasteiger partial charge is 0.298 e. The lowest BCUT2D eigenvalue weighted by atomic mass is 10.2. The summed E-state index contributed by atoms with van der Waals surface area (Å²) < 4.78 is 38.3. The van der Waals surface area contributed by atoms with Gasteiger partial charge in [-0.3, -0.25) is 4.79 Å². The maximum Gasteiger partial charge on any atom is 0.435 e. The molecule has 5 nitrogen and oxygen atoms in total. The van der Waals surface area contributed by atoms with E-state index >= 15 is 0 Å². The Morgan fingerprint density at radius 3 is 2.32 bits per heavy atom. The van der Waals surface area contributed by atoms with Crippen molar-refractivity contribution in [3.05, 3.63) is 34.8 Å². The summed E-state index contributed by atoms with van der Waals surface area (Å²) in [4.78, 5) is 10.8. The Morgan fingerprint density at radius 2 is 1.89 bits per heavy atom. The zero-order valence-electron chi connectivity index (χ0n) is 10.1. The molecular weight excluding hydrogens is 261 g/mol. The molecule has 0 radical (unpaired) electrons. The summed E-state index contributed by atoms with van der Waals surface area (Å²) in [6.45, 7) is 3.26. The first-order valence-corrected chi connectivity index (χ1v) is 5.27. The molecule has 0 saturated heterocycles. The number of alkyl halides is 3. The highest BCUT2D eigenvalue weighted by molar-refractivity contribution is 5.78. The first-order chi connectivity index (χ1) is 8.84. The van der Waals surface area contributed by atoms with Crippen LogP contribution in [0.1, 0.15) is 27.4 Å². The molecule has 0 spiro atoms. The lowest BCUT2D eigenvalue weighted by molar-refractivity contribution is -0.141. The van der Waals surface area contributed by atoms with Crippen molar-refractivity contribution in [1.29, 1.82) is 0 Å². The molecule has 100 valence electrons. The van der Waals surface area contributed by atoms with Crippen LogP contribution in [0.25, 0.3) is 5.82 Å². The van der Waals surface area contributed by atoms with E-state index in [1.807, 2.05) is 0 Å². The Morgan fingerprint density at radius 1 is 1.21 bits per heavy atom. The van der Waals surface area contributed by atoms with E-state index in [0.717, 1.165) is 12.1 Å². The first-order valence-electron chi connectivity index (χ1n) is 5.27. The molecule has 0 bridgehead atoms. The van der Waals surface area contributed by atoms with Gasteiger partial charge in [0.25, 0.3) is 0 Å². The summed E-state index contributed by atoms with van der Waals surface area (Å²) in [5.74, 6) is 0.127. The van der Waals surface area contributed by atoms with Crippen LogP contribution >= 0.6 is 0 Å². The van der Waals surface area contributed by atoms with Gasteiger partial charge in [-0.25, -0.2) is 4.68 Å². The van der Waals surface area contributed by atoms with Crippen LogP contribution in [0, 0.1) is 13.8 Å². The molecule has 2 aromatic heterocycles. The van der Waals surface area contributed by atoms with Crippen molar-refractivity contribution in [2.45, 2.75) is 20.0 Å². The SMILES string of the molecule is Cc1nn(-c2ccc(C(F)(F)F)nn2)c(C)c1C=O. The quantitative estimate of drug-likeness (QED) is 0.784. The van der Waals surface area contributed by atoms with Crippen molar-refractivity contribution in [1.82, 2.24) is 20.0 Å². The summed E-state index contributed by atoms with van der Waals surface area (Å²) in [6, 6.07) is 1.98. The van der Waals surface area contributed by atoms with E-state index in [0.29, 0.717) is 23.2 Å². The standard InChI is InChI=1S/C11H9F3N4O/c1-6-8(5-19)7(2)18(17-6)10-4-3-9(15-16-10)11(12,13)14/h3-5H,1-2H3. The molecule has 0 aliphatic heterocycles. The summed E-state index contributed by atoms with van der Waals surface area (Å²) in [5.41, 5.74) is 0.297. The van der Waals surface area contributed by atoms with Gasteiger partial charge in [-0.05, 0) is 26.0 Å². The topological polar surface area (TPSA) is 60.7 Å². The molecule has 2 rings (SSSR count). The minimum atomic E-state index is -4.53. The van der Waals surface area contributed by atoms with E-state index in [9.17, 15) is 18.0 Å². The van der Waals surface area contributed by atoms with E-state index in [-0.39, 0.29) is 5.82 Å². The normalized spacial score (nSPS) is 11.6. The zero-order chi connectivity index (χ0) is 14.2. The highest BCUT2D eigenvalue weighted by Crippen LogP contribution is 2.27. The third-order valence-corrected chi connectivity index (χ3v) is 2.62. The molecule has 0 atom stereocenters.